The van der Waals surface area contributed by atoms with E-state index in [1.807, 2.05) is 26.2 Å². The minimum Gasteiger partial charge on any atom is -0.468 e. The van der Waals surface area contributed by atoms with E-state index < -0.39 is 0 Å². The Bertz CT molecular complexity index is 503. The molecule has 23 heavy (non-hydrogen) atoms. The number of amides is 2. The van der Waals surface area contributed by atoms with Crippen molar-refractivity contribution < 1.29 is 9.21 Å². The first-order valence-electron chi connectivity index (χ1n) is 8.63. The van der Waals surface area contributed by atoms with E-state index in [0.29, 0.717) is 12.6 Å². The fourth-order valence-corrected chi connectivity index (χ4v) is 3.84. The summed E-state index contributed by atoms with van der Waals surface area (Å²) in [5, 5.41) is 6.18. The number of likely N-dealkylation sites (N-methyl/N-ethyl adjacent to an activating group) is 1. The van der Waals surface area contributed by atoms with Crippen molar-refractivity contribution in [3.8, 4) is 0 Å². The molecule has 3 rings (SSSR count). The van der Waals surface area contributed by atoms with E-state index in [9.17, 15) is 4.79 Å². The van der Waals surface area contributed by atoms with Crippen molar-refractivity contribution in [2.75, 3.05) is 33.7 Å². The summed E-state index contributed by atoms with van der Waals surface area (Å²) >= 11 is 0. The number of nitrogens with zero attached hydrogens (tertiary/aromatic N) is 2. The van der Waals surface area contributed by atoms with Crippen LogP contribution in [0.2, 0.25) is 0 Å². The van der Waals surface area contributed by atoms with Crippen molar-refractivity contribution in [1.82, 2.24) is 20.4 Å². The van der Waals surface area contributed by atoms with Gasteiger partial charge in [0.2, 0.25) is 0 Å². The van der Waals surface area contributed by atoms with Crippen molar-refractivity contribution in [2.45, 2.75) is 43.8 Å². The summed E-state index contributed by atoms with van der Waals surface area (Å²) in [6, 6.07) is 4.62. The number of furan rings is 1. The maximum absolute atomic E-state index is 12.3. The van der Waals surface area contributed by atoms with Crippen LogP contribution in [-0.4, -0.2) is 61.6 Å². The van der Waals surface area contributed by atoms with Gasteiger partial charge >= 0.3 is 6.03 Å². The Labute approximate surface area is 138 Å². The van der Waals surface area contributed by atoms with Crippen molar-refractivity contribution in [3.05, 3.63) is 24.2 Å². The number of carbonyl (C=O) groups excluding carboxylic acids is 1. The lowest BCUT2D eigenvalue weighted by molar-refractivity contribution is 0.178. The predicted molar refractivity (Wildman–Crippen MR) is 89.3 cm³/mol. The standard InChI is InChI=1S/C17H28N4O2/c1-20(2)15(16-7-5-11-23-16)12-18-17(22)19-13-8-10-21-9-4-3-6-14(13)21/h5,7,11,13-15H,3-4,6,8-10,12H2,1-2H3,(H2,18,19,22)/t13-,14+,15+/m0/s1. The van der Waals surface area contributed by atoms with Gasteiger partial charge in [-0.1, -0.05) is 6.42 Å². The second kappa shape index (κ2) is 7.36. The summed E-state index contributed by atoms with van der Waals surface area (Å²) in [4.78, 5) is 16.9. The number of urea groups is 1. The van der Waals surface area contributed by atoms with Gasteiger partial charge in [-0.2, -0.15) is 0 Å². The Morgan fingerprint density at radius 2 is 2.26 bits per heavy atom. The van der Waals surface area contributed by atoms with E-state index in [2.05, 4.69) is 20.4 Å². The van der Waals surface area contributed by atoms with Crippen LogP contribution in [0.4, 0.5) is 4.79 Å². The molecule has 2 amide bonds. The van der Waals surface area contributed by atoms with Crippen LogP contribution in [0.25, 0.3) is 0 Å². The normalized spacial score (nSPS) is 26.0. The highest BCUT2D eigenvalue weighted by Gasteiger charge is 2.36. The van der Waals surface area contributed by atoms with Gasteiger partial charge in [-0.25, -0.2) is 4.79 Å². The third-order valence-corrected chi connectivity index (χ3v) is 5.12. The minimum absolute atomic E-state index is 0.0468. The molecule has 1 aromatic rings. The molecule has 2 fully saturated rings. The molecule has 0 spiro atoms. The summed E-state index contributed by atoms with van der Waals surface area (Å²) in [5.41, 5.74) is 0. The van der Waals surface area contributed by atoms with Crippen molar-refractivity contribution in [2.24, 2.45) is 0 Å². The molecule has 2 aliphatic heterocycles. The van der Waals surface area contributed by atoms with Crippen molar-refractivity contribution in [1.29, 1.82) is 0 Å². The highest BCUT2D eigenvalue weighted by atomic mass is 16.3. The average molecular weight is 320 g/mol. The first kappa shape index (κ1) is 16.3. The van der Waals surface area contributed by atoms with E-state index in [4.69, 9.17) is 4.42 Å². The van der Waals surface area contributed by atoms with E-state index in [-0.39, 0.29) is 18.1 Å². The topological polar surface area (TPSA) is 60.8 Å². The molecule has 0 aliphatic carbocycles. The largest absolute Gasteiger partial charge is 0.468 e. The van der Waals surface area contributed by atoms with Gasteiger partial charge in [-0.3, -0.25) is 9.80 Å². The molecule has 0 unspecified atom stereocenters. The van der Waals surface area contributed by atoms with Gasteiger partial charge in [0.15, 0.2) is 0 Å². The smallest absolute Gasteiger partial charge is 0.315 e. The zero-order chi connectivity index (χ0) is 16.2. The van der Waals surface area contributed by atoms with Gasteiger partial charge in [-0.05, 0) is 52.0 Å². The number of nitrogens with one attached hydrogen (secondary N) is 2. The number of hydrogen-bond acceptors (Lipinski definition) is 4. The van der Waals surface area contributed by atoms with Gasteiger partial charge in [0, 0.05) is 25.2 Å². The molecule has 6 heteroatoms. The fraction of sp³-hybridized carbons (Fsp3) is 0.706. The van der Waals surface area contributed by atoms with Crippen LogP contribution in [0.3, 0.4) is 0 Å². The van der Waals surface area contributed by atoms with E-state index >= 15 is 0 Å². The molecule has 2 N–H and O–H groups in total. The second-order valence-electron chi connectivity index (χ2n) is 6.84. The van der Waals surface area contributed by atoms with E-state index in [1.54, 1.807) is 6.26 Å². The zero-order valence-corrected chi connectivity index (χ0v) is 14.1. The van der Waals surface area contributed by atoms with Crippen LogP contribution in [-0.2, 0) is 0 Å². The third kappa shape index (κ3) is 3.87. The first-order valence-corrected chi connectivity index (χ1v) is 8.63. The van der Waals surface area contributed by atoms with E-state index in [1.165, 1.54) is 25.8 Å². The molecular weight excluding hydrogens is 292 g/mol. The SMILES string of the molecule is CN(C)[C@H](CNC(=O)N[C@H]1CCN2CCCC[C@H]12)c1ccco1. The Hall–Kier alpha value is -1.53. The van der Waals surface area contributed by atoms with Gasteiger partial charge in [0.05, 0.1) is 12.3 Å². The van der Waals surface area contributed by atoms with Gasteiger partial charge in [0.25, 0.3) is 0 Å². The Morgan fingerprint density at radius 3 is 3.00 bits per heavy atom. The second-order valence-corrected chi connectivity index (χ2v) is 6.84. The first-order chi connectivity index (χ1) is 11.1. The van der Waals surface area contributed by atoms with Gasteiger partial charge in [-0.15, -0.1) is 0 Å². The van der Waals surface area contributed by atoms with Gasteiger partial charge < -0.3 is 15.1 Å². The molecule has 0 radical (unpaired) electrons. The van der Waals surface area contributed by atoms with Crippen molar-refractivity contribution in [3.63, 3.8) is 0 Å². The zero-order valence-electron chi connectivity index (χ0n) is 14.1. The molecule has 0 saturated carbocycles. The number of hydrogen-bond donors (Lipinski definition) is 2. The minimum atomic E-state index is -0.0687. The highest BCUT2D eigenvalue weighted by molar-refractivity contribution is 5.74. The molecule has 2 saturated heterocycles. The molecular formula is C17H28N4O2. The molecule has 3 heterocycles. The number of fused-ring (bicyclic) bond motifs is 1. The Kier molecular flexibility index (Phi) is 5.23. The van der Waals surface area contributed by atoms with Crippen LogP contribution in [0, 0.1) is 0 Å². The molecule has 128 valence electrons. The third-order valence-electron chi connectivity index (χ3n) is 5.12. The fourth-order valence-electron chi connectivity index (χ4n) is 3.84. The summed E-state index contributed by atoms with van der Waals surface area (Å²) in [5.74, 6) is 0.870. The molecule has 0 aromatic carbocycles. The highest BCUT2D eigenvalue weighted by Crippen LogP contribution is 2.27. The molecule has 1 aromatic heterocycles. The average Bonchev–Trinajstić information content (AvgIpc) is 3.18. The van der Waals surface area contributed by atoms with Crippen molar-refractivity contribution >= 4 is 6.03 Å². The lowest BCUT2D eigenvalue weighted by Gasteiger charge is -2.32. The summed E-state index contributed by atoms with van der Waals surface area (Å²) in [7, 11) is 3.98. The Morgan fingerprint density at radius 1 is 1.39 bits per heavy atom. The lowest BCUT2D eigenvalue weighted by atomic mass is 9.99. The van der Waals surface area contributed by atoms with Crippen LogP contribution in [0.15, 0.2) is 22.8 Å². The van der Waals surface area contributed by atoms with Crippen LogP contribution >= 0.6 is 0 Å². The number of carbonyl (C=O) groups is 1. The van der Waals surface area contributed by atoms with Crippen LogP contribution in [0.1, 0.15) is 37.5 Å². The monoisotopic (exact) mass is 320 g/mol. The molecule has 2 aliphatic rings. The quantitative estimate of drug-likeness (QED) is 0.869. The van der Waals surface area contributed by atoms with Crippen LogP contribution in [0.5, 0.6) is 0 Å². The summed E-state index contributed by atoms with van der Waals surface area (Å²) in [6.45, 7) is 2.83. The maximum atomic E-state index is 12.3. The molecule has 0 bridgehead atoms. The maximum Gasteiger partial charge on any atom is 0.315 e. The summed E-state index contributed by atoms with van der Waals surface area (Å²) < 4.78 is 5.47. The number of rotatable bonds is 5. The predicted octanol–water partition coefficient (Wildman–Crippen LogP) is 1.81. The molecule has 3 atom stereocenters. The van der Waals surface area contributed by atoms with Crippen LogP contribution < -0.4 is 10.6 Å². The van der Waals surface area contributed by atoms with E-state index in [0.717, 1.165) is 18.7 Å². The van der Waals surface area contributed by atoms with Gasteiger partial charge in [0.1, 0.15) is 5.76 Å². The number of piperidine rings is 1. The lowest BCUT2D eigenvalue weighted by Crippen LogP contribution is -2.50. The molecule has 6 nitrogen and oxygen atoms in total. The Balaban J connectivity index is 1.49. The summed E-state index contributed by atoms with van der Waals surface area (Å²) in [6.07, 6.45) is 6.51.